The molecule has 0 fully saturated rings. The van der Waals surface area contributed by atoms with Crippen LogP contribution in [0.4, 0.5) is 0 Å². The van der Waals surface area contributed by atoms with Gasteiger partial charge in [-0.1, -0.05) is 0 Å². The van der Waals surface area contributed by atoms with Gasteiger partial charge in [0.1, 0.15) is 28.9 Å². The summed E-state index contributed by atoms with van der Waals surface area (Å²) in [6.07, 6.45) is -3.00. The van der Waals surface area contributed by atoms with Crippen LogP contribution in [0.5, 0.6) is 69.0 Å². The van der Waals surface area contributed by atoms with Gasteiger partial charge in [0, 0.05) is 29.7 Å². The number of carbonyl (C=O) groups excluding carboxylic acids is 2. The fraction of sp³-hybridized carbons (Fsp3) is 0.103. The molecule has 0 amide bonds. The first kappa shape index (κ1) is 29.1. The van der Waals surface area contributed by atoms with E-state index in [0.717, 1.165) is 48.5 Å². The van der Waals surface area contributed by atoms with Crippen LogP contribution in [0.15, 0.2) is 48.5 Å². The second kappa shape index (κ2) is 10.8. The van der Waals surface area contributed by atoms with Crippen molar-refractivity contribution in [2.24, 2.45) is 0 Å². The fourth-order valence-electron chi connectivity index (χ4n) is 4.51. The maximum absolute atomic E-state index is 13.0. The van der Waals surface area contributed by atoms with Crippen LogP contribution in [0.3, 0.4) is 0 Å². The Balaban J connectivity index is 1.54. The molecule has 4 aromatic rings. The van der Waals surface area contributed by atoms with Gasteiger partial charge in [-0.15, -0.1) is 0 Å². The van der Waals surface area contributed by atoms with E-state index in [9.17, 15) is 60.7 Å². The van der Waals surface area contributed by atoms with Gasteiger partial charge in [0.2, 0.25) is 11.5 Å². The highest BCUT2D eigenvalue weighted by molar-refractivity contribution is 5.95. The van der Waals surface area contributed by atoms with Gasteiger partial charge in [-0.25, -0.2) is 9.59 Å². The van der Waals surface area contributed by atoms with E-state index in [1.165, 1.54) is 0 Å². The van der Waals surface area contributed by atoms with Gasteiger partial charge >= 0.3 is 11.9 Å². The summed E-state index contributed by atoms with van der Waals surface area (Å²) in [7, 11) is 0. The first-order valence-corrected chi connectivity index (χ1v) is 12.4. The molecule has 1 heterocycles. The molecule has 228 valence electrons. The van der Waals surface area contributed by atoms with Crippen LogP contribution < -0.4 is 9.47 Å². The lowest BCUT2D eigenvalue weighted by atomic mass is 9.93. The SMILES string of the molecule is O=C(O[C@@H]1Cc2c(O)cc(O)cc2O[C@H]1c1cc(O)c(O)c(OC(=O)c2ccc(O)c(O)c2O)c1)c1cc(O)c(O)c(O)c1. The summed E-state index contributed by atoms with van der Waals surface area (Å²) in [5.74, 6) is -11.1. The first-order valence-electron chi connectivity index (χ1n) is 12.4. The maximum Gasteiger partial charge on any atom is 0.347 e. The van der Waals surface area contributed by atoms with E-state index in [0.29, 0.717) is 0 Å². The van der Waals surface area contributed by atoms with Gasteiger partial charge in [-0.2, -0.15) is 0 Å². The van der Waals surface area contributed by atoms with Crippen molar-refractivity contribution < 1.29 is 74.9 Å². The van der Waals surface area contributed by atoms with E-state index in [4.69, 9.17) is 14.2 Å². The molecule has 0 spiro atoms. The van der Waals surface area contributed by atoms with Crippen molar-refractivity contribution in [3.63, 3.8) is 0 Å². The van der Waals surface area contributed by atoms with Crippen LogP contribution in [-0.4, -0.2) is 69.1 Å². The third kappa shape index (κ3) is 5.20. The van der Waals surface area contributed by atoms with Crippen LogP contribution in [0.1, 0.15) is 37.9 Å². The van der Waals surface area contributed by atoms with E-state index in [1.807, 2.05) is 0 Å². The van der Waals surface area contributed by atoms with Gasteiger partial charge in [0.05, 0.1) is 5.56 Å². The standard InChI is InChI=1S/C29H22O15/c30-12-7-16(32)14-9-22(44-28(40)11-4-17(33)24(37)18(34)5-11)27(42-20(14)8-12)10-3-19(35)25(38)21(6-10)43-29(41)13-1-2-15(31)26(39)23(13)36/h1-8,22,27,30-39H,9H2/t22-,27+/m1/s1. The zero-order valence-corrected chi connectivity index (χ0v) is 22.0. The van der Waals surface area contributed by atoms with Crippen LogP contribution in [-0.2, 0) is 11.2 Å². The number of hydrogen-bond donors (Lipinski definition) is 10. The molecule has 4 aromatic carbocycles. The molecule has 0 unspecified atom stereocenters. The molecule has 0 radical (unpaired) electrons. The Morgan fingerprint density at radius 2 is 1.32 bits per heavy atom. The van der Waals surface area contributed by atoms with E-state index in [-0.39, 0.29) is 29.0 Å². The monoisotopic (exact) mass is 610 g/mol. The molecule has 5 rings (SSSR count). The normalized spacial score (nSPS) is 15.5. The molecule has 2 atom stereocenters. The van der Waals surface area contributed by atoms with Crippen molar-refractivity contribution >= 4 is 11.9 Å². The van der Waals surface area contributed by atoms with Gasteiger partial charge in [0.25, 0.3) is 0 Å². The lowest BCUT2D eigenvalue weighted by Gasteiger charge is -2.34. The average Bonchev–Trinajstić information content (AvgIpc) is 2.96. The second-order valence-electron chi connectivity index (χ2n) is 9.60. The first-order chi connectivity index (χ1) is 20.7. The number of ether oxygens (including phenoxy) is 3. The van der Waals surface area contributed by atoms with Crippen LogP contribution >= 0.6 is 0 Å². The summed E-state index contributed by atoms with van der Waals surface area (Å²) in [6, 6.07) is 7.61. The number of phenolic OH excluding ortho intramolecular Hbond substituents is 10. The molecule has 44 heavy (non-hydrogen) atoms. The second-order valence-corrected chi connectivity index (χ2v) is 9.60. The van der Waals surface area contributed by atoms with Crippen molar-refractivity contribution in [1.29, 1.82) is 0 Å². The summed E-state index contributed by atoms with van der Waals surface area (Å²) in [6.45, 7) is 0. The Kier molecular flexibility index (Phi) is 7.14. The smallest absolute Gasteiger partial charge is 0.347 e. The number of esters is 2. The molecule has 15 nitrogen and oxygen atoms in total. The molecule has 0 aliphatic carbocycles. The Morgan fingerprint density at radius 1 is 0.659 bits per heavy atom. The highest BCUT2D eigenvalue weighted by Crippen LogP contribution is 2.47. The van der Waals surface area contributed by atoms with Crippen LogP contribution in [0.2, 0.25) is 0 Å². The Labute approximate surface area is 245 Å². The summed E-state index contributed by atoms with van der Waals surface area (Å²) in [5.41, 5.74) is -0.989. The molecule has 10 N–H and O–H groups in total. The van der Waals surface area contributed by atoms with E-state index >= 15 is 0 Å². The molecular weight excluding hydrogens is 588 g/mol. The summed E-state index contributed by atoms with van der Waals surface area (Å²) < 4.78 is 16.6. The number of aromatic hydroxyl groups is 10. The largest absolute Gasteiger partial charge is 0.508 e. The van der Waals surface area contributed by atoms with Gasteiger partial charge in [-0.05, 0) is 36.4 Å². The molecular formula is C29H22O15. The van der Waals surface area contributed by atoms with E-state index in [1.54, 1.807) is 0 Å². The number of benzene rings is 4. The lowest BCUT2D eigenvalue weighted by molar-refractivity contribution is -0.0189. The Morgan fingerprint density at radius 3 is 2.00 bits per heavy atom. The highest BCUT2D eigenvalue weighted by Gasteiger charge is 2.38. The molecule has 0 aromatic heterocycles. The van der Waals surface area contributed by atoms with Crippen LogP contribution in [0.25, 0.3) is 0 Å². The van der Waals surface area contributed by atoms with Crippen LogP contribution in [0, 0.1) is 0 Å². The number of carbonyl (C=O) groups is 2. The summed E-state index contributed by atoms with van der Waals surface area (Å²) in [4.78, 5) is 25.8. The topological polar surface area (TPSA) is 264 Å². The zero-order valence-electron chi connectivity index (χ0n) is 22.0. The van der Waals surface area contributed by atoms with Crippen molar-refractivity contribution in [3.05, 3.63) is 70.8 Å². The van der Waals surface area contributed by atoms with Gasteiger partial charge in [-0.3, -0.25) is 0 Å². The minimum atomic E-state index is -1.39. The number of hydrogen-bond acceptors (Lipinski definition) is 15. The van der Waals surface area contributed by atoms with Gasteiger partial charge < -0.3 is 65.3 Å². The summed E-state index contributed by atoms with van der Waals surface area (Å²) in [5, 5.41) is 99.7. The highest BCUT2D eigenvalue weighted by atomic mass is 16.6. The average molecular weight is 610 g/mol. The third-order valence-corrected chi connectivity index (χ3v) is 6.69. The molecule has 0 saturated heterocycles. The Hall–Kier alpha value is -6.38. The summed E-state index contributed by atoms with van der Waals surface area (Å²) >= 11 is 0. The van der Waals surface area contributed by atoms with Crippen molar-refractivity contribution in [2.75, 3.05) is 0 Å². The predicted octanol–water partition coefficient (Wildman–Crippen LogP) is 2.86. The zero-order chi connectivity index (χ0) is 32.0. The van der Waals surface area contributed by atoms with Gasteiger partial charge in [0.15, 0.2) is 46.4 Å². The quantitative estimate of drug-likeness (QED) is 0.0884. The molecule has 1 aliphatic heterocycles. The molecule has 0 saturated carbocycles. The molecule has 1 aliphatic rings. The van der Waals surface area contributed by atoms with Crippen molar-refractivity contribution in [3.8, 4) is 69.0 Å². The van der Waals surface area contributed by atoms with Crippen molar-refractivity contribution in [2.45, 2.75) is 18.6 Å². The minimum Gasteiger partial charge on any atom is -0.508 e. The van der Waals surface area contributed by atoms with Crippen molar-refractivity contribution in [1.82, 2.24) is 0 Å². The Bertz CT molecular complexity index is 1810. The van der Waals surface area contributed by atoms with E-state index in [2.05, 4.69) is 0 Å². The predicted molar refractivity (Wildman–Crippen MR) is 144 cm³/mol. The fourth-order valence-corrected chi connectivity index (χ4v) is 4.51. The molecule has 0 bridgehead atoms. The maximum atomic E-state index is 13.0. The number of phenols is 10. The number of fused-ring (bicyclic) bond motifs is 1. The molecule has 15 heteroatoms. The third-order valence-electron chi connectivity index (χ3n) is 6.69. The number of rotatable bonds is 5. The van der Waals surface area contributed by atoms with E-state index < -0.39 is 92.8 Å². The lowest BCUT2D eigenvalue weighted by Crippen LogP contribution is -2.34. The minimum absolute atomic E-state index is 0.0599.